The first-order chi connectivity index (χ1) is 18.1. The number of aromatic nitrogens is 5. The number of nitrogens with zero attached hydrogens (tertiary/aromatic N) is 4. The van der Waals surface area contributed by atoms with E-state index >= 15 is 0 Å². The zero-order chi connectivity index (χ0) is 25.2. The predicted molar refractivity (Wildman–Crippen MR) is 146 cm³/mol. The first-order valence-electron chi connectivity index (χ1n) is 13.0. The van der Waals surface area contributed by atoms with Gasteiger partial charge >= 0.3 is 6.01 Å². The van der Waals surface area contributed by atoms with Gasteiger partial charge in [-0.15, -0.1) is 0 Å². The highest BCUT2D eigenvalue weighted by Crippen LogP contribution is 2.38. The fourth-order valence-corrected chi connectivity index (χ4v) is 5.49. The summed E-state index contributed by atoms with van der Waals surface area (Å²) in [6.07, 6.45) is 9.57. The van der Waals surface area contributed by atoms with E-state index < -0.39 is 0 Å². The number of ether oxygens (including phenoxy) is 1. The Kier molecular flexibility index (Phi) is 6.45. The first kappa shape index (κ1) is 23.4. The summed E-state index contributed by atoms with van der Waals surface area (Å²) in [5.41, 5.74) is 7.62. The Labute approximate surface area is 216 Å². The van der Waals surface area contributed by atoms with Gasteiger partial charge in [0.1, 0.15) is 5.75 Å². The lowest BCUT2D eigenvalue weighted by molar-refractivity contribution is 0.204. The van der Waals surface area contributed by atoms with Gasteiger partial charge in [-0.3, -0.25) is 10.00 Å². The average molecular weight is 493 g/mol. The Morgan fingerprint density at radius 2 is 1.81 bits per heavy atom. The number of aromatic amines is 2. The van der Waals surface area contributed by atoms with Crippen molar-refractivity contribution in [2.24, 2.45) is 0 Å². The summed E-state index contributed by atoms with van der Waals surface area (Å²) in [5.74, 6) is 1.77. The van der Waals surface area contributed by atoms with E-state index in [4.69, 9.17) is 4.74 Å². The van der Waals surface area contributed by atoms with Crippen molar-refractivity contribution in [2.45, 2.75) is 45.1 Å². The van der Waals surface area contributed by atoms with Gasteiger partial charge < -0.3 is 9.72 Å². The molecule has 0 amide bonds. The summed E-state index contributed by atoms with van der Waals surface area (Å²) in [7, 11) is 0. The summed E-state index contributed by atoms with van der Waals surface area (Å²) >= 11 is 0. The highest BCUT2D eigenvalue weighted by Gasteiger charge is 2.23. The van der Waals surface area contributed by atoms with E-state index in [0.717, 1.165) is 30.9 Å². The molecule has 2 N–H and O–H groups in total. The van der Waals surface area contributed by atoms with Crippen molar-refractivity contribution in [1.29, 1.82) is 0 Å². The molecule has 7 nitrogen and oxygen atoms in total. The minimum atomic E-state index is 0.369. The number of likely N-dealkylation sites (tertiary alicyclic amines) is 1. The molecule has 188 valence electrons. The van der Waals surface area contributed by atoms with Crippen molar-refractivity contribution in [1.82, 2.24) is 30.0 Å². The van der Waals surface area contributed by atoms with Gasteiger partial charge in [0.15, 0.2) is 0 Å². The Bertz CT molecular complexity index is 1450. The van der Waals surface area contributed by atoms with Crippen LogP contribution in [0.25, 0.3) is 22.2 Å². The molecule has 0 atom stereocenters. The molecule has 3 aromatic heterocycles. The average Bonchev–Trinajstić information content (AvgIpc) is 3.59. The SMILES string of the molecule is CC(C)c1c(-c2cn[nH]c2)[nH]c2ccc(C3CCN(Cc4ccc(Oc5ncccn5)cc4)CC3)cc12. The van der Waals surface area contributed by atoms with Crippen molar-refractivity contribution in [3.8, 4) is 23.0 Å². The lowest BCUT2D eigenvalue weighted by Gasteiger charge is -2.32. The lowest BCUT2D eigenvalue weighted by Crippen LogP contribution is -2.32. The first-order valence-corrected chi connectivity index (χ1v) is 13.0. The van der Waals surface area contributed by atoms with E-state index in [1.54, 1.807) is 18.5 Å². The molecular formula is C30H32N6O. The molecule has 37 heavy (non-hydrogen) atoms. The second-order valence-corrected chi connectivity index (χ2v) is 10.2. The minimum Gasteiger partial charge on any atom is -0.424 e. The van der Waals surface area contributed by atoms with Crippen LogP contribution in [0.2, 0.25) is 0 Å². The fourth-order valence-electron chi connectivity index (χ4n) is 5.49. The number of H-pyrrole nitrogens is 2. The maximum Gasteiger partial charge on any atom is 0.321 e. The zero-order valence-electron chi connectivity index (χ0n) is 21.3. The van der Waals surface area contributed by atoms with Crippen LogP contribution in [0.15, 0.2) is 73.3 Å². The summed E-state index contributed by atoms with van der Waals surface area (Å²) in [6.45, 7) is 7.70. The molecule has 2 aromatic carbocycles. The van der Waals surface area contributed by atoms with Crippen molar-refractivity contribution >= 4 is 10.9 Å². The number of rotatable bonds is 7. The van der Waals surface area contributed by atoms with Crippen LogP contribution in [0.5, 0.6) is 11.8 Å². The number of hydrogen-bond donors (Lipinski definition) is 2. The normalized spacial score (nSPS) is 15.0. The van der Waals surface area contributed by atoms with Crippen LogP contribution >= 0.6 is 0 Å². The number of hydrogen-bond acceptors (Lipinski definition) is 5. The van der Waals surface area contributed by atoms with E-state index in [0.29, 0.717) is 17.8 Å². The molecule has 6 rings (SSSR count). The van der Waals surface area contributed by atoms with E-state index in [2.05, 4.69) is 74.2 Å². The predicted octanol–water partition coefficient (Wildman–Crippen LogP) is 6.64. The molecule has 0 spiro atoms. The fraction of sp³-hybridized carbons (Fsp3) is 0.300. The molecule has 0 radical (unpaired) electrons. The van der Waals surface area contributed by atoms with E-state index in [9.17, 15) is 0 Å². The Hall–Kier alpha value is -3.97. The minimum absolute atomic E-state index is 0.369. The summed E-state index contributed by atoms with van der Waals surface area (Å²) in [5, 5.41) is 8.45. The van der Waals surface area contributed by atoms with Crippen LogP contribution in [-0.2, 0) is 6.54 Å². The van der Waals surface area contributed by atoms with Gasteiger partial charge in [-0.05, 0) is 84.8 Å². The molecule has 5 aromatic rings. The molecule has 1 aliphatic rings. The summed E-state index contributed by atoms with van der Waals surface area (Å²) in [6, 6.07) is 17.4. The van der Waals surface area contributed by atoms with Gasteiger partial charge in [-0.25, -0.2) is 9.97 Å². The molecule has 1 fully saturated rings. The van der Waals surface area contributed by atoms with Crippen molar-refractivity contribution in [2.75, 3.05) is 13.1 Å². The van der Waals surface area contributed by atoms with Gasteiger partial charge in [-0.2, -0.15) is 5.10 Å². The van der Waals surface area contributed by atoms with Gasteiger partial charge in [0.05, 0.1) is 11.9 Å². The molecular weight excluding hydrogens is 460 g/mol. The summed E-state index contributed by atoms with van der Waals surface area (Å²) < 4.78 is 5.72. The van der Waals surface area contributed by atoms with Crippen molar-refractivity contribution in [3.63, 3.8) is 0 Å². The van der Waals surface area contributed by atoms with Gasteiger partial charge in [-0.1, -0.05) is 32.0 Å². The van der Waals surface area contributed by atoms with Crippen LogP contribution < -0.4 is 4.74 Å². The largest absolute Gasteiger partial charge is 0.424 e. The molecule has 1 aliphatic heterocycles. The molecule has 4 heterocycles. The second-order valence-electron chi connectivity index (χ2n) is 10.2. The van der Waals surface area contributed by atoms with E-state index in [1.807, 2.05) is 24.5 Å². The molecule has 0 unspecified atom stereocenters. The number of nitrogens with one attached hydrogen (secondary N) is 2. The number of fused-ring (bicyclic) bond motifs is 1. The Balaban J connectivity index is 1.11. The number of piperidine rings is 1. The van der Waals surface area contributed by atoms with E-state index in [1.165, 1.54) is 46.1 Å². The standard InChI is InChI=1S/C30H32N6O/c1-20(2)28-26-16-23(6-9-27(26)35-29(28)24-17-33-34-18-24)22-10-14-36(15-11-22)19-21-4-7-25(8-5-21)37-30-31-12-3-13-32-30/h3-9,12-13,16-18,20,22,35H,10-11,14-15,19H2,1-2H3,(H,33,34). The zero-order valence-corrected chi connectivity index (χ0v) is 21.3. The van der Waals surface area contributed by atoms with Crippen LogP contribution in [0.4, 0.5) is 0 Å². The molecule has 0 bridgehead atoms. The van der Waals surface area contributed by atoms with Gasteiger partial charge in [0.2, 0.25) is 0 Å². The third-order valence-electron chi connectivity index (χ3n) is 7.37. The molecule has 0 aliphatic carbocycles. The topological polar surface area (TPSA) is 82.7 Å². The van der Waals surface area contributed by atoms with Crippen molar-refractivity contribution in [3.05, 3.63) is 90.0 Å². The highest BCUT2D eigenvalue weighted by atomic mass is 16.5. The maximum atomic E-state index is 5.72. The number of benzene rings is 2. The summed E-state index contributed by atoms with van der Waals surface area (Å²) in [4.78, 5) is 14.4. The smallest absolute Gasteiger partial charge is 0.321 e. The second kappa shape index (κ2) is 10.2. The lowest BCUT2D eigenvalue weighted by atomic mass is 9.87. The molecule has 7 heteroatoms. The van der Waals surface area contributed by atoms with Gasteiger partial charge in [0, 0.05) is 41.6 Å². The van der Waals surface area contributed by atoms with Gasteiger partial charge in [0.25, 0.3) is 0 Å². The highest BCUT2D eigenvalue weighted by molar-refractivity contribution is 5.91. The van der Waals surface area contributed by atoms with E-state index in [-0.39, 0.29) is 0 Å². The monoisotopic (exact) mass is 492 g/mol. The Morgan fingerprint density at radius 3 is 2.51 bits per heavy atom. The van der Waals surface area contributed by atoms with Crippen LogP contribution in [0.1, 0.15) is 55.2 Å². The van der Waals surface area contributed by atoms with Crippen LogP contribution in [0.3, 0.4) is 0 Å². The molecule has 1 saturated heterocycles. The maximum absolute atomic E-state index is 5.72. The Morgan fingerprint density at radius 1 is 1.03 bits per heavy atom. The van der Waals surface area contributed by atoms with Crippen LogP contribution in [0, 0.1) is 0 Å². The quantitative estimate of drug-likeness (QED) is 0.266. The van der Waals surface area contributed by atoms with Crippen LogP contribution in [-0.4, -0.2) is 43.1 Å². The molecule has 0 saturated carbocycles. The third-order valence-corrected chi connectivity index (χ3v) is 7.37. The van der Waals surface area contributed by atoms with Crippen molar-refractivity contribution < 1.29 is 4.74 Å². The third kappa shape index (κ3) is 5.00.